The van der Waals surface area contributed by atoms with Gasteiger partial charge < -0.3 is 9.47 Å². The van der Waals surface area contributed by atoms with Gasteiger partial charge in [-0.15, -0.1) is 0 Å². The van der Waals surface area contributed by atoms with E-state index in [0.29, 0.717) is 12.1 Å². The number of nitrogens with zero attached hydrogens (tertiary/aromatic N) is 2. The summed E-state index contributed by atoms with van der Waals surface area (Å²) >= 11 is 3.51. The average molecular weight is 339 g/mol. The van der Waals surface area contributed by atoms with Crippen molar-refractivity contribution in [3.05, 3.63) is 22.2 Å². The highest BCUT2D eigenvalue weighted by Crippen LogP contribution is 2.39. The standard InChI is InChI=1S/C15H19BrN2O2/c1-10-4-3-5-11(2)18(10)17-8-12-6-13(16)15-14(7-12)19-9-20-15/h6-8,10-11H,3-5,9H2,1-2H3/b17-8-/t10-,11-/m1/s1. The van der Waals surface area contributed by atoms with Crippen LogP contribution in [0.5, 0.6) is 11.5 Å². The first-order valence-electron chi connectivity index (χ1n) is 7.06. The summed E-state index contributed by atoms with van der Waals surface area (Å²) in [4.78, 5) is 0. The maximum absolute atomic E-state index is 5.43. The lowest BCUT2D eigenvalue weighted by molar-refractivity contribution is 0.109. The van der Waals surface area contributed by atoms with E-state index in [-0.39, 0.29) is 6.79 Å². The van der Waals surface area contributed by atoms with Crippen molar-refractivity contribution in [2.45, 2.75) is 45.2 Å². The van der Waals surface area contributed by atoms with E-state index in [1.165, 1.54) is 19.3 Å². The van der Waals surface area contributed by atoms with Gasteiger partial charge in [-0.1, -0.05) is 0 Å². The third-order valence-corrected chi connectivity index (χ3v) is 4.53. The van der Waals surface area contributed by atoms with Crippen LogP contribution >= 0.6 is 15.9 Å². The molecule has 0 unspecified atom stereocenters. The van der Waals surface area contributed by atoms with Crippen LogP contribution in [0.1, 0.15) is 38.7 Å². The molecule has 20 heavy (non-hydrogen) atoms. The minimum atomic E-state index is 0.286. The molecule has 0 N–H and O–H groups in total. The fraction of sp³-hybridized carbons (Fsp3) is 0.533. The lowest BCUT2D eigenvalue weighted by Gasteiger charge is -2.36. The Morgan fingerprint density at radius 2 is 2.00 bits per heavy atom. The summed E-state index contributed by atoms with van der Waals surface area (Å²) in [5.41, 5.74) is 1.02. The lowest BCUT2D eigenvalue weighted by Crippen LogP contribution is -2.39. The zero-order valence-electron chi connectivity index (χ0n) is 11.8. The molecular weight excluding hydrogens is 320 g/mol. The highest BCUT2D eigenvalue weighted by Gasteiger charge is 2.23. The SMILES string of the molecule is C[C@@H]1CCC[C@@H](C)N1/N=C\c1cc(Br)c2c(c1)OCO2. The smallest absolute Gasteiger partial charge is 0.231 e. The van der Waals surface area contributed by atoms with Gasteiger partial charge in [-0.05, 0) is 66.7 Å². The Hall–Kier alpha value is -1.23. The summed E-state index contributed by atoms with van der Waals surface area (Å²) < 4.78 is 11.7. The molecule has 2 atom stereocenters. The fourth-order valence-corrected chi connectivity index (χ4v) is 3.40. The Morgan fingerprint density at radius 1 is 1.25 bits per heavy atom. The summed E-state index contributed by atoms with van der Waals surface area (Å²) in [6.45, 7) is 4.76. The van der Waals surface area contributed by atoms with Crippen molar-refractivity contribution in [1.82, 2.24) is 5.01 Å². The Labute approximate surface area is 127 Å². The minimum absolute atomic E-state index is 0.286. The van der Waals surface area contributed by atoms with Crippen molar-refractivity contribution in [1.29, 1.82) is 0 Å². The largest absolute Gasteiger partial charge is 0.454 e. The van der Waals surface area contributed by atoms with Crippen molar-refractivity contribution >= 4 is 22.1 Å². The topological polar surface area (TPSA) is 34.1 Å². The Bertz CT molecular complexity index is 523. The number of piperidine rings is 1. The van der Waals surface area contributed by atoms with E-state index in [1.54, 1.807) is 0 Å². The number of hydrogen-bond acceptors (Lipinski definition) is 4. The van der Waals surface area contributed by atoms with E-state index in [4.69, 9.17) is 9.47 Å². The van der Waals surface area contributed by atoms with E-state index in [9.17, 15) is 0 Å². The average Bonchev–Trinajstić information content (AvgIpc) is 2.87. The molecule has 0 aromatic heterocycles. The molecule has 2 aliphatic heterocycles. The van der Waals surface area contributed by atoms with Crippen LogP contribution < -0.4 is 9.47 Å². The predicted molar refractivity (Wildman–Crippen MR) is 82.5 cm³/mol. The molecule has 1 saturated heterocycles. The zero-order chi connectivity index (χ0) is 14.1. The number of rotatable bonds is 2. The van der Waals surface area contributed by atoms with E-state index in [2.05, 4.69) is 39.9 Å². The number of hydrazone groups is 1. The van der Waals surface area contributed by atoms with Crippen molar-refractivity contribution in [2.75, 3.05) is 6.79 Å². The number of benzene rings is 1. The summed E-state index contributed by atoms with van der Waals surface area (Å²) in [6, 6.07) is 4.99. The Kier molecular flexibility index (Phi) is 3.87. The third kappa shape index (κ3) is 2.64. The van der Waals surface area contributed by atoms with Crippen LogP contribution in [-0.2, 0) is 0 Å². The highest BCUT2D eigenvalue weighted by molar-refractivity contribution is 9.10. The maximum Gasteiger partial charge on any atom is 0.231 e. The quantitative estimate of drug-likeness (QED) is 0.769. The van der Waals surface area contributed by atoms with Gasteiger partial charge in [0.05, 0.1) is 10.7 Å². The van der Waals surface area contributed by atoms with E-state index in [0.717, 1.165) is 21.5 Å². The van der Waals surface area contributed by atoms with Gasteiger partial charge in [0.2, 0.25) is 6.79 Å². The molecule has 2 aliphatic rings. The maximum atomic E-state index is 5.43. The molecule has 1 fully saturated rings. The normalized spacial score (nSPS) is 25.4. The van der Waals surface area contributed by atoms with Crippen molar-refractivity contribution in [3.8, 4) is 11.5 Å². The molecule has 0 saturated carbocycles. The molecule has 0 spiro atoms. The van der Waals surface area contributed by atoms with Crippen LogP contribution in [0.15, 0.2) is 21.7 Å². The van der Waals surface area contributed by atoms with Crippen molar-refractivity contribution in [3.63, 3.8) is 0 Å². The van der Waals surface area contributed by atoms with E-state index < -0.39 is 0 Å². The molecule has 0 amide bonds. The van der Waals surface area contributed by atoms with Crippen LogP contribution in [0.3, 0.4) is 0 Å². The summed E-state index contributed by atoms with van der Waals surface area (Å²) in [7, 11) is 0. The molecule has 0 aliphatic carbocycles. The van der Waals surface area contributed by atoms with Gasteiger partial charge in [0.25, 0.3) is 0 Å². The molecule has 1 aromatic rings. The zero-order valence-corrected chi connectivity index (χ0v) is 13.4. The van der Waals surface area contributed by atoms with Crippen LogP contribution in [0, 0.1) is 0 Å². The second-order valence-electron chi connectivity index (χ2n) is 5.49. The molecule has 108 valence electrons. The minimum Gasteiger partial charge on any atom is -0.454 e. The second-order valence-corrected chi connectivity index (χ2v) is 6.34. The van der Waals surface area contributed by atoms with Gasteiger partial charge in [-0.25, -0.2) is 0 Å². The van der Waals surface area contributed by atoms with Gasteiger partial charge in [0.1, 0.15) is 0 Å². The first-order valence-corrected chi connectivity index (χ1v) is 7.86. The Balaban J connectivity index is 1.80. The summed E-state index contributed by atoms with van der Waals surface area (Å²) in [6.07, 6.45) is 5.63. The first-order chi connectivity index (χ1) is 9.65. The molecule has 1 aromatic carbocycles. The van der Waals surface area contributed by atoms with Gasteiger partial charge in [-0.3, -0.25) is 5.01 Å². The number of hydrogen-bond donors (Lipinski definition) is 0. The van der Waals surface area contributed by atoms with Crippen molar-refractivity contribution in [2.24, 2.45) is 5.10 Å². The predicted octanol–water partition coefficient (Wildman–Crippen LogP) is 3.77. The molecule has 3 rings (SSSR count). The van der Waals surface area contributed by atoms with Crippen LogP contribution in [0.25, 0.3) is 0 Å². The van der Waals surface area contributed by atoms with E-state index in [1.807, 2.05) is 18.3 Å². The van der Waals surface area contributed by atoms with Gasteiger partial charge in [0, 0.05) is 12.1 Å². The fourth-order valence-electron chi connectivity index (χ4n) is 2.83. The number of fused-ring (bicyclic) bond motifs is 1. The molecular formula is C15H19BrN2O2. The first kappa shape index (κ1) is 13.7. The Morgan fingerprint density at radius 3 is 2.75 bits per heavy atom. The summed E-state index contributed by atoms with van der Waals surface area (Å²) in [5, 5.41) is 6.88. The lowest BCUT2D eigenvalue weighted by atomic mass is 10.00. The molecule has 5 heteroatoms. The molecule has 4 nitrogen and oxygen atoms in total. The van der Waals surface area contributed by atoms with Crippen LogP contribution in [0.2, 0.25) is 0 Å². The molecule has 0 radical (unpaired) electrons. The number of halogens is 1. The monoisotopic (exact) mass is 338 g/mol. The summed E-state index contributed by atoms with van der Waals surface area (Å²) in [5.74, 6) is 1.56. The van der Waals surface area contributed by atoms with Gasteiger partial charge in [0.15, 0.2) is 11.5 Å². The highest BCUT2D eigenvalue weighted by atomic mass is 79.9. The van der Waals surface area contributed by atoms with Gasteiger partial charge in [-0.2, -0.15) is 5.10 Å². The van der Waals surface area contributed by atoms with Crippen molar-refractivity contribution < 1.29 is 9.47 Å². The molecule has 0 bridgehead atoms. The second kappa shape index (κ2) is 5.64. The molecule has 2 heterocycles. The van der Waals surface area contributed by atoms with Crippen LogP contribution in [-0.4, -0.2) is 30.1 Å². The van der Waals surface area contributed by atoms with E-state index >= 15 is 0 Å². The number of ether oxygens (including phenoxy) is 2. The third-order valence-electron chi connectivity index (χ3n) is 3.94. The van der Waals surface area contributed by atoms with Crippen LogP contribution in [0.4, 0.5) is 0 Å². The van der Waals surface area contributed by atoms with Gasteiger partial charge >= 0.3 is 0 Å².